The molecule has 10 heteroatoms. The van der Waals surface area contributed by atoms with Crippen molar-refractivity contribution in [3.63, 3.8) is 0 Å². The highest BCUT2D eigenvalue weighted by Crippen LogP contribution is 2.39. The lowest BCUT2D eigenvalue weighted by molar-refractivity contribution is -0.139. The average Bonchev–Trinajstić information content (AvgIpc) is 2.97. The molecule has 0 spiro atoms. The maximum absolute atomic E-state index is 12.8. The van der Waals surface area contributed by atoms with Gasteiger partial charge in [0.25, 0.3) is 5.91 Å². The SMILES string of the molecule is NS(=O)(=O)C1=C(Cl)C=C2C(=O)N(CCCN3CCN(c4ccccc4)CC3)C(=O)C2C1. The van der Waals surface area contributed by atoms with Crippen molar-refractivity contribution in [2.24, 2.45) is 11.1 Å². The third-order valence-electron chi connectivity index (χ3n) is 6.06. The number of sulfonamides is 1. The van der Waals surface area contributed by atoms with Crippen LogP contribution in [0.3, 0.4) is 0 Å². The Morgan fingerprint density at radius 3 is 2.35 bits per heavy atom. The van der Waals surface area contributed by atoms with E-state index in [2.05, 4.69) is 21.9 Å². The minimum atomic E-state index is -4.02. The minimum Gasteiger partial charge on any atom is -0.369 e. The zero-order valence-corrected chi connectivity index (χ0v) is 18.6. The van der Waals surface area contributed by atoms with Crippen LogP contribution < -0.4 is 10.0 Å². The molecule has 3 aliphatic rings. The van der Waals surface area contributed by atoms with Crippen LogP contribution in [0.1, 0.15) is 12.8 Å². The first-order valence-corrected chi connectivity index (χ1v) is 12.2. The predicted molar refractivity (Wildman–Crippen MR) is 119 cm³/mol. The summed E-state index contributed by atoms with van der Waals surface area (Å²) >= 11 is 6.01. The molecule has 1 aromatic carbocycles. The number of para-hydroxylation sites is 1. The van der Waals surface area contributed by atoms with Gasteiger partial charge < -0.3 is 4.90 Å². The Balaban J connectivity index is 1.30. The standard InChI is InChI=1S/C21H25ClN4O4S/c22-18-13-16-17(14-19(18)31(23,29)30)21(28)26(20(16)27)8-4-7-24-9-11-25(12-10-24)15-5-2-1-3-6-15/h1-3,5-6,13,17H,4,7-12,14H2,(H2,23,29,30). The van der Waals surface area contributed by atoms with Gasteiger partial charge in [0, 0.05) is 50.4 Å². The average molecular weight is 465 g/mol. The number of halogens is 1. The maximum atomic E-state index is 12.8. The highest BCUT2D eigenvalue weighted by Gasteiger charge is 2.46. The topological polar surface area (TPSA) is 104 Å². The molecule has 2 aliphatic heterocycles. The Morgan fingerprint density at radius 2 is 1.71 bits per heavy atom. The van der Waals surface area contributed by atoms with Crippen LogP contribution in [0, 0.1) is 5.92 Å². The highest BCUT2D eigenvalue weighted by molar-refractivity contribution is 7.93. The molecule has 1 aromatic rings. The van der Waals surface area contributed by atoms with Crippen molar-refractivity contribution >= 4 is 39.1 Å². The summed E-state index contributed by atoms with van der Waals surface area (Å²) in [4.78, 5) is 31.1. The summed E-state index contributed by atoms with van der Waals surface area (Å²) in [6.07, 6.45) is 1.77. The Morgan fingerprint density at radius 1 is 1.03 bits per heavy atom. The van der Waals surface area contributed by atoms with Gasteiger partial charge in [0.15, 0.2) is 0 Å². The fourth-order valence-corrected chi connectivity index (χ4v) is 5.62. The number of primary sulfonamides is 1. The number of nitrogens with two attached hydrogens (primary N) is 1. The molecule has 0 radical (unpaired) electrons. The van der Waals surface area contributed by atoms with Crippen molar-refractivity contribution in [2.45, 2.75) is 12.8 Å². The lowest BCUT2D eigenvalue weighted by Crippen LogP contribution is -2.47. The lowest BCUT2D eigenvalue weighted by atomic mass is 9.93. The van der Waals surface area contributed by atoms with Crippen molar-refractivity contribution in [3.8, 4) is 0 Å². The van der Waals surface area contributed by atoms with Crippen molar-refractivity contribution in [3.05, 3.63) is 51.9 Å². The van der Waals surface area contributed by atoms with Crippen LogP contribution in [0.5, 0.6) is 0 Å². The molecular formula is C21H25ClN4O4S. The second kappa shape index (κ2) is 8.74. The first-order chi connectivity index (χ1) is 14.8. The first kappa shape index (κ1) is 22.0. The van der Waals surface area contributed by atoms with Crippen LogP contribution in [0.25, 0.3) is 0 Å². The fraction of sp³-hybridized carbons (Fsp3) is 0.429. The second-order valence-corrected chi connectivity index (χ2v) is 9.98. The molecular weight excluding hydrogens is 440 g/mol. The summed E-state index contributed by atoms with van der Waals surface area (Å²) in [5.74, 6) is -1.59. The van der Waals surface area contributed by atoms with Crippen LogP contribution >= 0.6 is 11.6 Å². The smallest absolute Gasteiger partial charge is 0.257 e. The quantitative estimate of drug-likeness (QED) is 0.635. The molecule has 2 fully saturated rings. The van der Waals surface area contributed by atoms with Gasteiger partial charge in [-0.2, -0.15) is 0 Å². The summed E-state index contributed by atoms with van der Waals surface area (Å²) in [7, 11) is -4.02. The Bertz CT molecular complexity index is 1050. The monoisotopic (exact) mass is 464 g/mol. The van der Waals surface area contributed by atoms with Crippen molar-refractivity contribution in [1.82, 2.24) is 9.80 Å². The summed E-state index contributed by atoms with van der Waals surface area (Å²) in [6.45, 7) is 4.78. The van der Waals surface area contributed by atoms with E-state index >= 15 is 0 Å². The lowest BCUT2D eigenvalue weighted by Gasteiger charge is -2.36. The normalized spacial score (nSPS) is 22.8. The number of amides is 2. The van der Waals surface area contributed by atoms with Crippen LogP contribution in [0.2, 0.25) is 0 Å². The molecule has 31 heavy (non-hydrogen) atoms. The fourth-order valence-electron chi connectivity index (χ4n) is 4.37. The van der Waals surface area contributed by atoms with Gasteiger partial charge in [0.2, 0.25) is 15.9 Å². The van der Waals surface area contributed by atoms with E-state index in [1.165, 1.54) is 16.7 Å². The molecule has 0 bridgehead atoms. The number of anilines is 1. The first-order valence-electron chi connectivity index (χ1n) is 10.3. The molecule has 1 unspecified atom stereocenters. The van der Waals surface area contributed by atoms with Gasteiger partial charge in [0.1, 0.15) is 0 Å². The number of carbonyl (C=O) groups excluding carboxylic acids is 2. The predicted octanol–water partition coefficient (Wildman–Crippen LogP) is 1.25. The Hall–Kier alpha value is -2.20. The Kier molecular flexibility index (Phi) is 6.20. The summed E-state index contributed by atoms with van der Waals surface area (Å²) in [6, 6.07) is 10.3. The number of rotatable bonds is 6. The number of hydrogen-bond acceptors (Lipinski definition) is 6. The molecule has 8 nitrogen and oxygen atoms in total. The number of imide groups is 1. The van der Waals surface area contributed by atoms with Gasteiger partial charge in [-0.25, -0.2) is 13.6 Å². The van der Waals surface area contributed by atoms with E-state index in [9.17, 15) is 18.0 Å². The van der Waals surface area contributed by atoms with Gasteiger partial charge in [-0.05, 0) is 31.2 Å². The van der Waals surface area contributed by atoms with Crippen LogP contribution in [-0.4, -0.2) is 69.3 Å². The number of allylic oxidation sites excluding steroid dienone is 3. The summed E-state index contributed by atoms with van der Waals surface area (Å²) < 4.78 is 23.4. The number of piperazine rings is 1. The van der Waals surface area contributed by atoms with E-state index < -0.39 is 21.8 Å². The van der Waals surface area contributed by atoms with E-state index in [-0.39, 0.29) is 27.8 Å². The number of hydrogen-bond donors (Lipinski definition) is 1. The number of benzene rings is 1. The van der Waals surface area contributed by atoms with Crippen molar-refractivity contribution in [1.29, 1.82) is 0 Å². The molecule has 166 valence electrons. The molecule has 2 amide bonds. The molecule has 2 saturated heterocycles. The highest BCUT2D eigenvalue weighted by atomic mass is 35.5. The summed E-state index contributed by atoms with van der Waals surface area (Å²) in [5.41, 5.74) is 1.47. The van der Waals surface area contributed by atoms with Gasteiger partial charge in [-0.1, -0.05) is 29.8 Å². The molecule has 1 aliphatic carbocycles. The third-order valence-corrected chi connectivity index (χ3v) is 7.59. The Labute approximate surface area is 187 Å². The minimum absolute atomic E-state index is 0.0898. The van der Waals surface area contributed by atoms with Gasteiger partial charge in [-0.15, -0.1) is 0 Å². The van der Waals surface area contributed by atoms with Crippen LogP contribution in [0.15, 0.2) is 51.9 Å². The van der Waals surface area contributed by atoms with E-state index in [4.69, 9.17) is 16.7 Å². The number of carbonyl (C=O) groups is 2. The molecule has 0 aromatic heterocycles. The molecule has 0 saturated carbocycles. The van der Waals surface area contributed by atoms with Gasteiger partial charge in [0.05, 0.1) is 15.9 Å². The molecule has 2 N–H and O–H groups in total. The third kappa shape index (κ3) is 4.55. The van der Waals surface area contributed by atoms with Crippen LogP contribution in [0.4, 0.5) is 5.69 Å². The molecule has 1 atom stereocenters. The summed E-state index contributed by atoms with van der Waals surface area (Å²) in [5, 5.41) is 5.10. The van der Waals surface area contributed by atoms with Gasteiger partial charge in [-0.3, -0.25) is 19.4 Å². The maximum Gasteiger partial charge on any atom is 0.257 e. The zero-order chi connectivity index (χ0) is 22.2. The number of nitrogens with zero attached hydrogens (tertiary/aromatic N) is 3. The van der Waals surface area contributed by atoms with E-state index in [1.807, 2.05) is 18.2 Å². The van der Waals surface area contributed by atoms with E-state index in [0.717, 1.165) is 32.7 Å². The zero-order valence-electron chi connectivity index (χ0n) is 17.0. The van der Waals surface area contributed by atoms with E-state index in [0.29, 0.717) is 13.0 Å². The van der Waals surface area contributed by atoms with Crippen molar-refractivity contribution in [2.75, 3.05) is 44.2 Å². The van der Waals surface area contributed by atoms with Gasteiger partial charge >= 0.3 is 0 Å². The second-order valence-electron chi connectivity index (χ2n) is 7.99. The molecule has 2 heterocycles. The number of likely N-dealkylation sites (tertiary alicyclic amines) is 1. The largest absolute Gasteiger partial charge is 0.369 e. The molecule has 4 rings (SSSR count). The van der Waals surface area contributed by atoms with Crippen LogP contribution in [-0.2, 0) is 19.6 Å². The van der Waals surface area contributed by atoms with Crippen molar-refractivity contribution < 1.29 is 18.0 Å². The number of fused-ring (bicyclic) bond motifs is 1. The van der Waals surface area contributed by atoms with E-state index in [1.54, 1.807) is 0 Å².